The van der Waals surface area contributed by atoms with Gasteiger partial charge in [0.2, 0.25) is 0 Å². The van der Waals surface area contributed by atoms with Gasteiger partial charge in [-0.3, -0.25) is 4.98 Å². The fourth-order valence-corrected chi connectivity index (χ4v) is 21.6. The molecule has 1 aliphatic heterocycles. The number of benzene rings is 1. The van der Waals surface area contributed by atoms with Gasteiger partial charge in [-0.05, 0) is 80.4 Å². The molecule has 1 unspecified atom stereocenters. The van der Waals surface area contributed by atoms with E-state index < -0.39 is 309 Å². The zero-order valence-electron chi connectivity index (χ0n) is 70.3. The van der Waals surface area contributed by atoms with E-state index in [9.17, 15) is 21.6 Å². The Morgan fingerprint density at radius 1 is 0.371 bits per heavy atom. The maximum Gasteiger partial charge on any atom is 0.534 e. The van der Waals surface area contributed by atoms with Crippen molar-refractivity contribution in [3.63, 3.8) is 0 Å². The van der Waals surface area contributed by atoms with Crippen LogP contribution in [0.15, 0.2) is 36.5 Å². The molecular weight excluding hydrogens is 1460 g/mol. The van der Waals surface area contributed by atoms with Crippen molar-refractivity contribution in [2.24, 2.45) is 5.92 Å². The second-order valence-corrected chi connectivity index (χ2v) is 36.0. The predicted octanol–water partition coefficient (Wildman–Crippen LogP) is -30.5. The van der Waals surface area contributed by atoms with Crippen LogP contribution in [0.4, 0.5) is 13.2 Å². The Bertz CT molecular complexity index is 3180. The van der Waals surface area contributed by atoms with Crippen molar-refractivity contribution >= 4 is 692 Å². The van der Waals surface area contributed by atoms with Crippen LogP contribution in [0, 0.1) is 5.92 Å². The summed E-state index contributed by atoms with van der Waals surface area (Å²) in [5, 5.41) is 0.383. The summed E-state index contributed by atoms with van der Waals surface area (Å²) in [5.41, 5.74) is -3.47. The monoisotopic (exact) mass is 1500 g/mol. The van der Waals surface area contributed by atoms with Gasteiger partial charge in [0.15, 0.2) is 5.76 Å². The molecule has 1 aromatic carbocycles. The number of aromatic nitrogens is 1. The number of pyridine rings is 1. The van der Waals surface area contributed by atoms with E-state index in [-0.39, 0.29) is 17.4 Å². The molecule has 1 atom stereocenters. The molecule has 1 fully saturated rings. The zero-order valence-corrected chi connectivity index (χ0v) is 71.8. The van der Waals surface area contributed by atoms with Crippen LogP contribution in [-0.4, -0.2) is 702 Å². The number of alkyl halides is 3. The molecule has 1 aromatic heterocycles. The molecule has 4 rings (SSSR count). The van der Waals surface area contributed by atoms with Crippen LogP contribution in [0.2, 0.25) is 5.02 Å². The highest BCUT2D eigenvalue weighted by molar-refractivity contribution is 8.43. The number of fused-ring (bicyclic) bond motifs is 2. The molecule has 1 aliphatic carbocycles. The Kier molecular flexibility index (Phi) is 53.8. The number of piperidine rings is 1. The van der Waals surface area contributed by atoms with Crippen LogP contribution in [0.25, 0.3) is 11.8 Å². The molecule has 2 aromatic rings. The number of hydrogen-bond donors (Lipinski definition) is 0. The maximum atomic E-state index is 13.0. The second-order valence-electron chi connectivity index (χ2n) is 34.0. The highest BCUT2D eigenvalue weighted by Crippen LogP contribution is 2.46. The second kappa shape index (κ2) is 54.6. The highest BCUT2D eigenvalue weighted by atomic mass is 35.5. The molecule has 0 spiro atoms. The first-order chi connectivity index (χ1) is 56.9. The molecular formula is C21H20B93ClF3N2O3S. The van der Waals surface area contributed by atoms with Crippen LogP contribution in [-0.2, 0) is 14.3 Å². The Morgan fingerprint density at radius 2 is 0.605 bits per heavy atom. The summed E-state index contributed by atoms with van der Waals surface area (Å²) in [7, 11) is 328. The summed E-state index contributed by atoms with van der Waals surface area (Å²) in [6.45, 7) is 1.76. The minimum Gasteiger partial charge on any atom is -0.375 e. The number of hydrogen-bond acceptors (Lipinski definition) is 5. The third-order valence-corrected chi connectivity index (χ3v) is 26.8. The lowest BCUT2D eigenvalue weighted by Crippen LogP contribution is -3.01. The van der Waals surface area contributed by atoms with Gasteiger partial charge in [-0.2, -0.15) is 21.6 Å². The number of likely N-dealkylation sites (tertiary alicyclic amines) is 1. The van der Waals surface area contributed by atoms with Gasteiger partial charge in [0.05, 0.1) is 5.69 Å². The van der Waals surface area contributed by atoms with Crippen LogP contribution in [0.5, 0.6) is 0 Å². The van der Waals surface area contributed by atoms with Crippen molar-refractivity contribution in [2.45, 2.75) is 24.3 Å². The van der Waals surface area contributed by atoms with E-state index in [2.05, 4.69) is 14.1 Å². The number of nitrogens with zero attached hydrogens (tertiary/aromatic N) is 2. The van der Waals surface area contributed by atoms with E-state index in [0.717, 1.165) is 38.6 Å². The summed E-state index contributed by atoms with van der Waals surface area (Å²) < 4.78 is 67.4. The maximum absolute atomic E-state index is 13.0. The van der Waals surface area contributed by atoms with E-state index in [0.29, 0.717) is 16.3 Å². The lowest BCUT2D eigenvalue weighted by atomic mass is 8.19. The summed E-state index contributed by atoms with van der Waals surface area (Å²) in [4.78, 5) is 6.70. The van der Waals surface area contributed by atoms with Crippen LogP contribution < -0.4 is 0 Å². The Morgan fingerprint density at radius 3 is 0.831 bits per heavy atom. The largest absolute Gasteiger partial charge is 0.534 e. The fourth-order valence-electron chi connectivity index (χ4n) is 20.9. The Labute approximate surface area is 833 Å². The van der Waals surface area contributed by atoms with Gasteiger partial charge in [0.25, 0.3) is 0 Å². The minimum atomic E-state index is -5.85. The number of halogens is 4. The van der Waals surface area contributed by atoms with Gasteiger partial charge in [-0.25, -0.2) is 0 Å². The zero-order chi connectivity index (χ0) is 96.1. The summed E-state index contributed by atoms with van der Waals surface area (Å²) >= 11 is 6.16. The molecule has 0 bridgehead atoms. The van der Waals surface area contributed by atoms with E-state index in [1.807, 2.05) is 13.1 Å². The van der Waals surface area contributed by atoms with Crippen molar-refractivity contribution in [3.05, 3.63) is 63.9 Å². The van der Waals surface area contributed by atoms with Crippen LogP contribution in [0.3, 0.4) is 0 Å². The minimum absolute atomic E-state index is 0.178. The molecule has 95 radical (unpaired) electrons. The van der Waals surface area contributed by atoms with Crippen molar-refractivity contribution in [3.8, 4) is 0 Å². The van der Waals surface area contributed by atoms with Gasteiger partial charge >= 0.3 is 15.6 Å². The highest BCUT2D eigenvalue weighted by Gasteiger charge is 2.68. The molecule has 445 valence electrons. The molecule has 103 heteroatoms. The quantitative estimate of drug-likeness (QED) is 0.0375. The van der Waals surface area contributed by atoms with E-state index in [4.69, 9.17) is 375 Å². The van der Waals surface area contributed by atoms with E-state index >= 15 is 0 Å². The summed E-state index contributed by atoms with van der Waals surface area (Å²) in [6, 6.07) is 8.24. The van der Waals surface area contributed by atoms with Crippen LogP contribution in [0.1, 0.15) is 41.1 Å². The summed E-state index contributed by atoms with van der Waals surface area (Å²) in [6.07, 6.45) is -77.0. The topological polar surface area (TPSA) is 59.5 Å². The molecule has 5 nitrogen and oxygen atoms in total. The standard InChI is InChI=1S/C21H20ClF3N2O3S.B93/c1-27-9-6-13(7-10-27)19-16-5-4-15(22)11-14(16)12-18(17-3-2-8-26-20(17)19)30-31(28,29)21(23,24)25;1-48-72(49(2)3)84(73(50(4)5)51(6)7)90(85(74(52(8)9)53(10)11)75(54(12)13)55(14)15)93(91(86(76(56(16)17)57(18)19)77(58(20)21)59(22)23)87(78(60(24)25)61(26)27)79(62(28)29)63(30)31)92(88(80(64(32)33)65(34)35)81(66(36)37)67(38)39)89(82(68(40)41)69(42)43)83(70(44)45)71(46)47/h2-5,8,11-13,19H,6-7,9-10H2,1H3;. The molecule has 0 amide bonds. The Balaban J connectivity index is 0.00000105. The van der Waals surface area contributed by atoms with E-state index in [1.165, 1.54) is 12.1 Å². The van der Waals surface area contributed by atoms with Gasteiger partial charge in [-0.1, -0.05) is 17.7 Å². The van der Waals surface area contributed by atoms with Gasteiger partial charge in [-0.15, -0.1) is 0 Å². The first-order valence-electron chi connectivity index (χ1n) is 40.4. The van der Waals surface area contributed by atoms with Crippen molar-refractivity contribution in [2.75, 3.05) is 20.1 Å². The first kappa shape index (κ1) is 122. The first-order valence-corrected chi connectivity index (χ1v) is 42.2. The van der Waals surface area contributed by atoms with Crippen molar-refractivity contribution in [1.29, 1.82) is 0 Å². The van der Waals surface area contributed by atoms with E-state index in [1.54, 1.807) is 24.4 Å². The molecule has 124 heavy (non-hydrogen) atoms. The number of rotatable bonds is 48. The van der Waals surface area contributed by atoms with Gasteiger partial charge in [0, 0.05) is 681 Å². The molecule has 1 saturated heterocycles. The smallest absolute Gasteiger partial charge is 0.375 e. The lowest BCUT2D eigenvalue weighted by Gasteiger charge is -2.63. The molecule has 2 aliphatic rings. The average molecular weight is 1480 g/mol. The molecule has 2 heterocycles. The normalized spacial score (nSPS) is 12.5. The van der Waals surface area contributed by atoms with Gasteiger partial charge < -0.3 is 9.08 Å². The Hall–Kier alpha value is 3.94. The SMILES string of the molecule is CN1CCC(C2c3ccc(Cl)cc3C=C(OS(=O)(=O)C(F)(F)F)c3cccnc32)CC1.[B][B]B(B([B])[B])B(B(B([B])[B])B([B])[B])B(B(B(B([B])[B])B([B])[B])B(B([B])[B])B([B])[B])B(B(B(B(B([B])[B])B([B])[B])B(B([B])[B])B([B])[B])B(B(B([B])[B])B([B])[B])B(B([B])[B])B([B])[B])B(B(B(B([B])[B])B([B])[B])B(B([B])[B])B([B])[B])B(B(B([B])[B])B([B])[B])B(B([B])[B])B([B])[B]. The lowest BCUT2D eigenvalue weighted by molar-refractivity contribution is -0.0509. The third-order valence-electron chi connectivity index (χ3n) is 25.6. The molecule has 0 N–H and O–H groups in total. The fraction of sp³-hybridized carbons (Fsp3) is 0.381. The average Bonchev–Trinajstić information content (AvgIpc) is 0.841. The van der Waals surface area contributed by atoms with Crippen molar-refractivity contribution in [1.82, 2.24) is 9.88 Å². The third kappa shape index (κ3) is 31.5. The van der Waals surface area contributed by atoms with Crippen molar-refractivity contribution < 1.29 is 25.8 Å². The predicted molar refractivity (Wildman–Crippen MR) is 647 cm³/mol. The summed E-state index contributed by atoms with van der Waals surface area (Å²) in [5.74, 6) is -0.473. The molecule has 0 saturated carbocycles. The van der Waals surface area contributed by atoms with Crippen LogP contribution >= 0.6 is 11.6 Å². The van der Waals surface area contributed by atoms with Gasteiger partial charge in [0.1, 0.15) is 0 Å².